The highest BCUT2D eigenvalue weighted by Crippen LogP contribution is 2.28. The maximum absolute atomic E-state index is 11.3. The maximum atomic E-state index is 11.3. The molecule has 1 N–H and O–H groups in total. The van der Waals surface area contributed by atoms with Crippen LogP contribution in [-0.4, -0.2) is 49.2 Å². The lowest BCUT2D eigenvalue weighted by molar-refractivity contribution is -0.149. The van der Waals surface area contributed by atoms with Gasteiger partial charge in [0.2, 0.25) is 0 Å². The van der Waals surface area contributed by atoms with Crippen LogP contribution in [0.15, 0.2) is 58.8 Å². The van der Waals surface area contributed by atoms with Crippen molar-refractivity contribution in [1.82, 2.24) is 0 Å². The molecule has 0 aromatic heterocycles. The van der Waals surface area contributed by atoms with Gasteiger partial charge in [0.05, 0.1) is 11.1 Å². The molecule has 1 aliphatic carbocycles. The van der Waals surface area contributed by atoms with Crippen molar-refractivity contribution >= 4 is 21.9 Å². The van der Waals surface area contributed by atoms with Crippen molar-refractivity contribution in [3.8, 4) is 17.6 Å². The average molecular weight is 519 g/mol. The van der Waals surface area contributed by atoms with E-state index in [0.29, 0.717) is 38.6 Å². The summed E-state index contributed by atoms with van der Waals surface area (Å²) in [5.41, 5.74) is 0.159. The highest BCUT2D eigenvalue weighted by atomic mass is 79.9. The van der Waals surface area contributed by atoms with Gasteiger partial charge in [-0.3, -0.25) is 0 Å². The number of carboxylic acid groups (broad SMARTS) is 1. The number of hydrogen-bond acceptors (Lipinski definition) is 5. The SMILES string of the molecule is CCOC1=CC=CC(C#C/C=C\COc2ccc(C[C@H](OCC)C(=O)O)cc2Br)(OCC)C1. The van der Waals surface area contributed by atoms with E-state index in [9.17, 15) is 9.90 Å². The van der Waals surface area contributed by atoms with Crippen molar-refractivity contribution in [1.29, 1.82) is 0 Å². The molecule has 2 rings (SSSR count). The lowest BCUT2D eigenvalue weighted by Crippen LogP contribution is -2.31. The monoisotopic (exact) mass is 518 g/mol. The highest BCUT2D eigenvalue weighted by Gasteiger charge is 2.29. The minimum Gasteiger partial charge on any atom is -0.498 e. The molecule has 6 nitrogen and oxygen atoms in total. The number of hydrogen-bond donors (Lipinski definition) is 1. The van der Waals surface area contributed by atoms with Crippen LogP contribution in [0.25, 0.3) is 0 Å². The Balaban J connectivity index is 1.93. The maximum Gasteiger partial charge on any atom is 0.333 e. The molecule has 178 valence electrons. The molecule has 1 aliphatic rings. The van der Waals surface area contributed by atoms with Gasteiger partial charge in [0, 0.05) is 26.1 Å². The van der Waals surface area contributed by atoms with E-state index in [1.807, 2.05) is 56.4 Å². The molecule has 0 saturated carbocycles. The lowest BCUT2D eigenvalue weighted by Gasteiger charge is -2.28. The molecule has 0 spiro atoms. The van der Waals surface area contributed by atoms with E-state index >= 15 is 0 Å². The Kier molecular flexibility index (Phi) is 11.2. The molecule has 1 unspecified atom stereocenters. The van der Waals surface area contributed by atoms with Gasteiger partial charge in [0.1, 0.15) is 18.1 Å². The molecule has 0 saturated heterocycles. The van der Waals surface area contributed by atoms with Crippen LogP contribution in [0.3, 0.4) is 0 Å². The summed E-state index contributed by atoms with van der Waals surface area (Å²) in [6.45, 7) is 7.52. The first-order valence-corrected chi connectivity index (χ1v) is 11.8. The van der Waals surface area contributed by atoms with E-state index in [0.717, 1.165) is 15.8 Å². The zero-order chi connectivity index (χ0) is 24.1. The summed E-state index contributed by atoms with van der Waals surface area (Å²) >= 11 is 3.48. The van der Waals surface area contributed by atoms with Crippen LogP contribution >= 0.6 is 15.9 Å². The standard InChI is InChI=1S/C26H31BrO6/c1-4-30-21-11-10-15-26(19-21,33-6-3)14-8-7-9-16-32-23-13-12-20(17-22(23)27)18-24(25(28)29)31-5-2/h7,9-13,15,17,24H,4-6,16,18-19H2,1-3H3,(H,28,29)/b9-7-/t24-,26?/m0/s1. The first-order valence-electron chi connectivity index (χ1n) is 11.0. The smallest absolute Gasteiger partial charge is 0.333 e. The second-order valence-electron chi connectivity index (χ2n) is 7.16. The van der Waals surface area contributed by atoms with Gasteiger partial charge >= 0.3 is 5.97 Å². The third kappa shape index (κ3) is 8.73. The molecule has 1 aromatic rings. The summed E-state index contributed by atoms with van der Waals surface area (Å²) in [7, 11) is 0. The number of halogens is 1. The van der Waals surface area contributed by atoms with Gasteiger partial charge < -0.3 is 24.1 Å². The van der Waals surface area contributed by atoms with Gasteiger partial charge in [-0.15, -0.1) is 0 Å². The highest BCUT2D eigenvalue weighted by molar-refractivity contribution is 9.10. The number of ether oxygens (including phenoxy) is 4. The number of carbonyl (C=O) groups is 1. The van der Waals surface area contributed by atoms with Crippen molar-refractivity contribution in [2.24, 2.45) is 0 Å². The summed E-state index contributed by atoms with van der Waals surface area (Å²) in [6, 6.07) is 5.49. The third-order valence-electron chi connectivity index (χ3n) is 4.70. The Hall–Kier alpha value is -2.53. The summed E-state index contributed by atoms with van der Waals surface area (Å²) in [4.78, 5) is 11.3. The normalized spacial score (nSPS) is 18.4. The van der Waals surface area contributed by atoms with Crippen LogP contribution in [0.4, 0.5) is 0 Å². The van der Waals surface area contributed by atoms with Crippen molar-refractivity contribution in [3.63, 3.8) is 0 Å². The van der Waals surface area contributed by atoms with Crippen molar-refractivity contribution in [2.45, 2.75) is 45.3 Å². The molecule has 7 heteroatoms. The molecule has 0 bridgehead atoms. The van der Waals surface area contributed by atoms with E-state index in [1.54, 1.807) is 13.0 Å². The molecule has 0 fully saturated rings. The van der Waals surface area contributed by atoms with Gasteiger partial charge in [-0.25, -0.2) is 4.79 Å². The zero-order valence-corrected chi connectivity index (χ0v) is 20.9. The predicted molar refractivity (Wildman–Crippen MR) is 131 cm³/mol. The Labute approximate surface area is 204 Å². The summed E-state index contributed by atoms with van der Waals surface area (Å²) in [6.07, 6.45) is 9.38. The molecule has 33 heavy (non-hydrogen) atoms. The lowest BCUT2D eigenvalue weighted by atomic mass is 9.94. The summed E-state index contributed by atoms with van der Waals surface area (Å²) in [5, 5.41) is 9.24. The van der Waals surface area contributed by atoms with Gasteiger partial charge in [-0.1, -0.05) is 24.0 Å². The van der Waals surface area contributed by atoms with Crippen LogP contribution in [-0.2, 0) is 25.4 Å². The Morgan fingerprint density at radius 3 is 2.73 bits per heavy atom. The zero-order valence-electron chi connectivity index (χ0n) is 19.3. The minimum absolute atomic E-state index is 0.285. The minimum atomic E-state index is -0.973. The summed E-state index contributed by atoms with van der Waals surface area (Å²) in [5.74, 6) is 6.78. The van der Waals surface area contributed by atoms with Crippen LogP contribution in [0.2, 0.25) is 0 Å². The molecule has 0 aliphatic heterocycles. The van der Waals surface area contributed by atoms with Gasteiger partial charge in [0.25, 0.3) is 0 Å². The second kappa shape index (κ2) is 13.9. The number of aliphatic carboxylic acids is 1. The molecule has 0 amide bonds. The molecule has 0 heterocycles. The van der Waals surface area contributed by atoms with E-state index < -0.39 is 17.7 Å². The van der Waals surface area contributed by atoms with E-state index in [4.69, 9.17) is 18.9 Å². The molecule has 2 atom stereocenters. The largest absolute Gasteiger partial charge is 0.498 e. The average Bonchev–Trinajstić information content (AvgIpc) is 2.77. The number of carboxylic acids is 1. The number of rotatable bonds is 12. The Bertz CT molecular complexity index is 940. The van der Waals surface area contributed by atoms with Gasteiger partial charge in [-0.2, -0.15) is 0 Å². The molecule has 1 aromatic carbocycles. The van der Waals surface area contributed by atoms with Crippen molar-refractivity contribution in [2.75, 3.05) is 26.4 Å². The van der Waals surface area contributed by atoms with Gasteiger partial charge in [0.15, 0.2) is 11.7 Å². The van der Waals surface area contributed by atoms with Crippen LogP contribution in [0, 0.1) is 11.8 Å². The fourth-order valence-corrected chi connectivity index (χ4v) is 3.82. The van der Waals surface area contributed by atoms with Crippen LogP contribution < -0.4 is 4.74 Å². The topological polar surface area (TPSA) is 74.2 Å². The van der Waals surface area contributed by atoms with E-state index in [1.165, 1.54) is 0 Å². The van der Waals surface area contributed by atoms with Crippen molar-refractivity contribution in [3.05, 3.63) is 64.4 Å². The predicted octanol–water partition coefficient (Wildman–Crippen LogP) is 5.08. The van der Waals surface area contributed by atoms with E-state index in [2.05, 4.69) is 27.8 Å². The van der Waals surface area contributed by atoms with Gasteiger partial charge in [-0.05, 0) is 78.7 Å². The quantitative estimate of drug-likeness (QED) is 0.389. The number of allylic oxidation sites excluding steroid dienone is 3. The third-order valence-corrected chi connectivity index (χ3v) is 5.32. The Morgan fingerprint density at radius 1 is 1.24 bits per heavy atom. The fourth-order valence-electron chi connectivity index (χ4n) is 3.28. The number of benzene rings is 1. The van der Waals surface area contributed by atoms with Crippen molar-refractivity contribution < 1.29 is 28.8 Å². The molecule has 0 radical (unpaired) electrons. The fraction of sp³-hybridized carbons (Fsp3) is 0.423. The molecular weight excluding hydrogens is 488 g/mol. The second-order valence-corrected chi connectivity index (χ2v) is 8.01. The summed E-state index contributed by atoms with van der Waals surface area (Å²) < 4.78 is 23.3. The molecular formula is C26H31BrO6. The first kappa shape index (κ1) is 26.7. The van der Waals surface area contributed by atoms with Crippen LogP contribution in [0.1, 0.15) is 32.8 Å². The Morgan fingerprint density at radius 2 is 2.06 bits per heavy atom. The first-order chi connectivity index (χ1) is 15.9. The van der Waals surface area contributed by atoms with Crippen LogP contribution in [0.5, 0.6) is 5.75 Å². The van der Waals surface area contributed by atoms with E-state index in [-0.39, 0.29) is 6.42 Å².